The second-order valence-electron chi connectivity index (χ2n) is 6.34. The van der Waals surface area contributed by atoms with Crippen molar-refractivity contribution >= 4 is 38.9 Å². The highest BCUT2D eigenvalue weighted by Gasteiger charge is 2.17. The fraction of sp³-hybridized carbons (Fsp3) is 0.0952. The van der Waals surface area contributed by atoms with Gasteiger partial charge in [0, 0.05) is 16.4 Å². The average molecular weight is 449 g/mol. The minimum atomic E-state index is -3.85. The monoisotopic (exact) mass is 448 g/mol. The van der Waals surface area contributed by atoms with Gasteiger partial charge < -0.3 is 10.1 Å². The Balaban J connectivity index is 1.63. The number of carbonyl (C=O) groups is 1. The highest BCUT2D eigenvalue weighted by atomic mass is 35.5. The molecule has 0 saturated carbocycles. The van der Waals surface area contributed by atoms with Crippen molar-refractivity contribution in [3.8, 4) is 5.75 Å². The van der Waals surface area contributed by atoms with Gasteiger partial charge in [0.25, 0.3) is 15.9 Å². The maximum atomic E-state index is 13.0. The molecular weight excluding hydrogens is 431 g/mol. The second kappa shape index (κ2) is 9.15. The Bertz CT molecular complexity index is 1140. The van der Waals surface area contributed by atoms with Crippen LogP contribution in [-0.4, -0.2) is 20.4 Å². The van der Waals surface area contributed by atoms with Crippen molar-refractivity contribution in [2.75, 3.05) is 10.0 Å². The maximum absolute atomic E-state index is 13.0. The number of amides is 1. The number of hydrogen-bond acceptors (Lipinski definition) is 4. The van der Waals surface area contributed by atoms with Crippen molar-refractivity contribution in [3.05, 3.63) is 83.6 Å². The predicted octanol–water partition coefficient (Wildman–Crippen LogP) is 4.69. The summed E-state index contributed by atoms with van der Waals surface area (Å²) in [5.41, 5.74) is 0.642. The zero-order chi connectivity index (χ0) is 21.7. The fourth-order valence-electron chi connectivity index (χ4n) is 2.49. The number of hydrogen-bond donors (Lipinski definition) is 2. The SMILES string of the molecule is C[C@@H](Oc1cccc(Cl)c1)C(=O)Nc1ccc(S(=O)(=O)Nc2ccc(F)cc2)cc1. The van der Waals surface area contributed by atoms with Gasteiger partial charge in [0.05, 0.1) is 4.90 Å². The number of sulfonamides is 1. The van der Waals surface area contributed by atoms with Crippen molar-refractivity contribution in [1.29, 1.82) is 0 Å². The molecule has 0 aliphatic carbocycles. The zero-order valence-corrected chi connectivity index (χ0v) is 17.4. The Hall–Kier alpha value is -3.10. The molecule has 3 aromatic rings. The van der Waals surface area contributed by atoms with Gasteiger partial charge in [-0.05, 0) is 73.7 Å². The number of benzene rings is 3. The molecule has 6 nitrogen and oxygen atoms in total. The van der Waals surface area contributed by atoms with Gasteiger partial charge in [0.15, 0.2) is 6.10 Å². The number of anilines is 2. The Morgan fingerprint density at radius 3 is 2.27 bits per heavy atom. The molecule has 2 N–H and O–H groups in total. The average Bonchev–Trinajstić information content (AvgIpc) is 2.70. The van der Waals surface area contributed by atoms with E-state index < -0.39 is 27.9 Å². The van der Waals surface area contributed by atoms with Gasteiger partial charge in [-0.15, -0.1) is 0 Å². The zero-order valence-electron chi connectivity index (χ0n) is 15.8. The van der Waals surface area contributed by atoms with Crippen LogP contribution < -0.4 is 14.8 Å². The maximum Gasteiger partial charge on any atom is 0.265 e. The lowest BCUT2D eigenvalue weighted by atomic mass is 10.3. The van der Waals surface area contributed by atoms with Gasteiger partial charge in [-0.25, -0.2) is 12.8 Å². The van der Waals surface area contributed by atoms with Crippen molar-refractivity contribution in [2.24, 2.45) is 0 Å². The summed E-state index contributed by atoms with van der Waals surface area (Å²) >= 11 is 5.90. The molecule has 0 spiro atoms. The first-order valence-corrected chi connectivity index (χ1v) is 10.7. The van der Waals surface area contributed by atoms with Crippen LogP contribution >= 0.6 is 11.6 Å². The lowest BCUT2D eigenvalue weighted by molar-refractivity contribution is -0.122. The minimum Gasteiger partial charge on any atom is -0.481 e. The van der Waals surface area contributed by atoms with E-state index >= 15 is 0 Å². The summed E-state index contributed by atoms with van der Waals surface area (Å²) in [6.45, 7) is 1.59. The molecule has 9 heteroatoms. The highest BCUT2D eigenvalue weighted by molar-refractivity contribution is 7.92. The van der Waals surface area contributed by atoms with E-state index in [1.807, 2.05) is 0 Å². The third-order valence-corrected chi connectivity index (χ3v) is 5.64. The van der Waals surface area contributed by atoms with Crippen LogP contribution in [0.15, 0.2) is 77.7 Å². The van der Waals surface area contributed by atoms with E-state index in [0.29, 0.717) is 16.5 Å². The largest absolute Gasteiger partial charge is 0.481 e. The normalized spacial score (nSPS) is 12.1. The molecule has 3 rings (SSSR count). The molecule has 1 amide bonds. The Kier molecular flexibility index (Phi) is 6.59. The quantitative estimate of drug-likeness (QED) is 0.549. The first-order chi connectivity index (χ1) is 14.2. The molecule has 0 fully saturated rings. The summed E-state index contributed by atoms with van der Waals surface area (Å²) in [4.78, 5) is 12.3. The number of ether oxygens (including phenoxy) is 1. The molecule has 0 saturated heterocycles. The Labute approximate surface area is 178 Å². The molecule has 0 bridgehead atoms. The molecule has 30 heavy (non-hydrogen) atoms. The minimum absolute atomic E-state index is 0.00644. The van der Waals surface area contributed by atoms with E-state index in [1.54, 1.807) is 31.2 Å². The molecule has 0 heterocycles. The lowest BCUT2D eigenvalue weighted by Crippen LogP contribution is -2.30. The molecule has 156 valence electrons. The van der Waals surface area contributed by atoms with E-state index in [2.05, 4.69) is 10.0 Å². The molecule has 1 atom stereocenters. The standard InChI is InChI=1S/C21H18ClFN2O4S/c1-14(29-19-4-2-3-15(22)13-19)21(26)24-17-9-11-20(12-10-17)30(27,28)25-18-7-5-16(23)6-8-18/h2-14,25H,1H3,(H,24,26)/t14-/m1/s1. The fourth-order valence-corrected chi connectivity index (χ4v) is 3.73. The third-order valence-electron chi connectivity index (χ3n) is 4.01. The van der Waals surface area contributed by atoms with Crippen LogP contribution in [0.1, 0.15) is 6.92 Å². The Morgan fingerprint density at radius 2 is 1.63 bits per heavy atom. The smallest absolute Gasteiger partial charge is 0.265 e. The molecule has 3 aromatic carbocycles. The van der Waals surface area contributed by atoms with Crippen molar-refractivity contribution in [1.82, 2.24) is 0 Å². The summed E-state index contributed by atoms with van der Waals surface area (Å²) in [5.74, 6) is -0.417. The van der Waals surface area contributed by atoms with E-state index in [9.17, 15) is 17.6 Å². The van der Waals surface area contributed by atoms with E-state index in [4.69, 9.17) is 16.3 Å². The van der Waals surface area contributed by atoms with Crippen LogP contribution in [0, 0.1) is 5.82 Å². The topological polar surface area (TPSA) is 84.5 Å². The van der Waals surface area contributed by atoms with E-state index in [0.717, 1.165) is 12.1 Å². The summed E-state index contributed by atoms with van der Waals surface area (Å²) in [6.07, 6.45) is -0.799. The predicted molar refractivity (Wildman–Crippen MR) is 114 cm³/mol. The van der Waals surface area contributed by atoms with Gasteiger partial charge in [0.2, 0.25) is 0 Å². The lowest BCUT2D eigenvalue weighted by Gasteiger charge is -2.15. The molecule has 0 aromatic heterocycles. The van der Waals surface area contributed by atoms with Crippen molar-refractivity contribution in [2.45, 2.75) is 17.9 Å². The van der Waals surface area contributed by atoms with E-state index in [1.165, 1.54) is 36.4 Å². The second-order valence-corrected chi connectivity index (χ2v) is 8.46. The molecule has 0 aliphatic rings. The first-order valence-electron chi connectivity index (χ1n) is 8.84. The van der Waals surface area contributed by atoms with Crippen LogP contribution in [0.4, 0.5) is 15.8 Å². The van der Waals surface area contributed by atoms with Gasteiger partial charge in [0.1, 0.15) is 11.6 Å². The summed E-state index contributed by atoms with van der Waals surface area (Å²) in [5, 5.41) is 3.15. The first kappa shape index (κ1) is 21.6. The van der Waals surface area contributed by atoms with Crippen molar-refractivity contribution in [3.63, 3.8) is 0 Å². The molecule has 0 radical (unpaired) electrons. The number of carbonyl (C=O) groups excluding carboxylic acids is 1. The molecule has 0 aliphatic heterocycles. The highest BCUT2D eigenvalue weighted by Crippen LogP contribution is 2.20. The van der Waals surface area contributed by atoms with Crippen LogP contribution in [0.25, 0.3) is 0 Å². The van der Waals surface area contributed by atoms with Gasteiger partial charge in [-0.3, -0.25) is 9.52 Å². The van der Waals surface area contributed by atoms with Gasteiger partial charge in [-0.2, -0.15) is 0 Å². The van der Waals surface area contributed by atoms with Gasteiger partial charge >= 0.3 is 0 Å². The van der Waals surface area contributed by atoms with Crippen LogP contribution in [0.5, 0.6) is 5.75 Å². The van der Waals surface area contributed by atoms with Gasteiger partial charge in [-0.1, -0.05) is 17.7 Å². The number of nitrogens with one attached hydrogen (secondary N) is 2. The number of halogens is 2. The van der Waals surface area contributed by atoms with Crippen LogP contribution in [-0.2, 0) is 14.8 Å². The number of rotatable bonds is 7. The summed E-state index contributed by atoms with van der Waals surface area (Å²) in [7, 11) is -3.85. The third kappa shape index (κ3) is 5.71. The Morgan fingerprint density at radius 1 is 1.00 bits per heavy atom. The molecule has 0 unspecified atom stereocenters. The van der Waals surface area contributed by atoms with Crippen LogP contribution in [0.2, 0.25) is 5.02 Å². The molecular formula is C21H18ClFN2O4S. The van der Waals surface area contributed by atoms with E-state index in [-0.39, 0.29) is 10.6 Å². The van der Waals surface area contributed by atoms with Crippen LogP contribution in [0.3, 0.4) is 0 Å². The summed E-state index contributed by atoms with van der Waals surface area (Å²) in [6, 6.07) is 17.3. The summed E-state index contributed by atoms with van der Waals surface area (Å²) < 4.78 is 45.7. The van der Waals surface area contributed by atoms with Crippen molar-refractivity contribution < 1.29 is 22.3 Å².